The highest BCUT2D eigenvalue weighted by atomic mass is 16.5. The summed E-state index contributed by atoms with van der Waals surface area (Å²) < 4.78 is 5.43. The predicted octanol–water partition coefficient (Wildman–Crippen LogP) is 2.86. The molecular formula is C23H22N2O5. The first-order valence-corrected chi connectivity index (χ1v) is 10.0. The monoisotopic (exact) mass is 406 g/mol. The van der Waals surface area contributed by atoms with Crippen LogP contribution in [-0.4, -0.2) is 30.2 Å². The van der Waals surface area contributed by atoms with Crippen molar-refractivity contribution in [2.45, 2.75) is 32.6 Å². The van der Waals surface area contributed by atoms with Gasteiger partial charge < -0.3 is 9.64 Å². The van der Waals surface area contributed by atoms with Gasteiger partial charge in [-0.05, 0) is 48.4 Å². The van der Waals surface area contributed by atoms with Crippen LogP contribution in [0.5, 0.6) is 5.75 Å². The minimum atomic E-state index is -0.551. The maximum atomic E-state index is 12.6. The standard InChI is InChI=1S/C23H22N2O5/c1-2-15-3-5-17(6-4-15)24-14-16(13-22(24)28)23(29)30-19-9-7-18(8-10-19)25-20(26)11-12-21(25)27/h3-10,16H,2,11-14H2,1H3/t16-/m0/s1. The van der Waals surface area contributed by atoms with Crippen LogP contribution in [-0.2, 0) is 25.6 Å². The number of rotatable bonds is 5. The van der Waals surface area contributed by atoms with Crippen LogP contribution in [0.2, 0.25) is 0 Å². The third-order valence-corrected chi connectivity index (χ3v) is 5.48. The van der Waals surface area contributed by atoms with E-state index >= 15 is 0 Å². The van der Waals surface area contributed by atoms with Crippen molar-refractivity contribution in [3.63, 3.8) is 0 Å². The van der Waals surface area contributed by atoms with Crippen molar-refractivity contribution in [1.29, 1.82) is 0 Å². The van der Waals surface area contributed by atoms with Crippen LogP contribution in [0.15, 0.2) is 48.5 Å². The first kappa shape index (κ1) is 19.8. The summed E-state index contributed by atoms with van der Waals surface area (Å²) in [5.74, 6) is -1.30. The quantitative estimate of drug-likeness (QED) is 0.433. The minimum Gasteiger partial charge on any atom is -0.426 e. The Bertz CT molecular complexity index is 981. The molecule has 2 saturated heterocycles. The number of ether oxygens (including phenoxy) is 1. The van der Waals surface area contributed by atoms with E-state index in [2.05, 4.69) is 6.92 Å². The number of nitrogens with zero attached hydrogens (tertiary/aromatic N) is 2. The molecule has 0 N–H and O–H groups in total. The zero-order valence-corrected chi connectivity index (χ0v) is 16.7. The Balaban J connectivity index is 1.39. The fourth-order valence-corrected chi connectivity index (χ4v) is 3.75. The smallest absolute Gasteiger partial charge is 0.316 e. The highest BCUT2D eigenvalue weighted by Crippen LogP contribution is 2.28. The summed E-state index contributed by atoms with van der Waals surface area (Å²) in [6, 6.07) is 14.0. The van der Waals surface area contributed by atoms with Crippen LogP contribution in [0.25, 0.3) is 0 Å². The summed E-state index contributed by atoms with van der Waals surface area (Å²) in [5, 5.41) is 0. The molecule has 1 atom stereocenters. The second-order valence-corrected chi connectivity index (χ2v) is 7.46. The molecule has 3 amide bonds. The SMILES string of the molecule is CCc1ccc(N2C[C@@H](C(=O)Oc3ccc(N4C(=O)CCC4=O)cc3)CC2=O)cc1. The van der Waals surface area contributed by atoms with Crippen LogP contribution in [0.1, 0.15) is 31.7 Å². The largest absolute Gasteiger partial charge is 0.426 e. The lowest BCUT2D eigenvalue weighted by atomic mass is 10.1. The highest BCUT2D eigenvalue weighted by molar-refractivity contribution is 6.19. The number of anilines is 2. The van der Waals surface area contributed by atoms with E-state index in [0.717, 1.165) is 17.0 Å². The lowest BCUT2D eigenvalue weighted by Gasteiger charge is -2.17. The number of hydrogen-bond donors (Lipinski definition) is 0. The Labute approximate surface area is 174 Å². The van der Waals surface area contributed by atoms with E-state index in [4.69, 9.17) is 4.74 Å². The molecule has 0 bridgehead atoms. The molecule has 2 aliphatic rings. The fraction of sp³-hybridized carbons (Fsp3) is 0.304. The van der Waals surface area contributed by atoms with Gasteiger partial charge in [-0.1, -0.05) is 19.1 Å². The van der Waals surface area contributed by atoms with Crippen molar-refractivity contribution in [3.8, 4) is 5.75 Å². The van der Waals surface area contributed by atoms with Gasteiger partial charge >= 0.3 is 5.97 Å². The molecule has 154 valence electrons. The summed E-state index contributed by atoms with van der Waals surface area (Å²) in [6.07, 6.45) is 1.44. The summed E-state index contributed by atoms with van der Waals surface area (Å²) >= 11 is 0. The lowest BCUT2D eigenvalue weighted by molar-refractivity contribution is -0.139. The van der Waals surface area contributed by atoms with Gasteiger partial charge in [-0.3, -0.25) is 24.1 Å². The average molecular weight is 406 g/mol. The van der Waals surface area contributed by atoms with Gasteiger partial charge in [0, 0.05) is 31.5 Å². The molecule has 4 rings (SSSR count). The molecule has 7 heteroatoms. The van der Waals surface area contributed by atoms with Gasteiger partial charge in [0.2, 0.25) is 17.7 Å². The van der Waals surface area contributed by atoms with Crippen LogP contribution in [0, 0.1) is 5.92 Å². The molecule has 2 aromatic rings. The Hall–Kier alpha value is -3.48. The molecule has 0 saturated carbocycles. The molecule has 7 nitrogen and oxygen atoms in total. The van der Waals surface area contributed by atoms with Crippen molar-refractivity contribution >= 4 is 35.1 Å². The number of benzene rings is 2. The van der Waals surface area contributed by atoms with Crippen molar-refractivity contribution < 1.29 is 23.9 Å². The van der Waals surface area contributed by atoms with Gasteiger partial charge in [0.25, 0.3) is 0 Å². The van der Waals surface area contributed by atoms with Crippen LogP contribution in [0.3, 0.4) is 0 Å². The van der Waals surface area contributed by atoms with E-state index in [1.54, 1.807) is 29.2 Å². The predicted molar refractivity (Wildman–Crippen MR) is 110 cm³/mol. The third kappa shape index (κ3) is 3.83. The summed E-state index contributed by atoms with van der Waals surface area (Å²) in [4.78, 5) is 51.4. The van der Waals surface area contributed by atoms with Crippen LogP contribution >= 0.6 is 0 Å². The van der Waals surface area contributed by atoms with Gasteiger partial charge in [0.05, 0.1) is 11.6 Å². The first-order chi connectivity index (χ1) is 14.5. The molecule has 2 aliphatic heterocycles. The molecule has 2 heterocycles. The van der Waals surface area contributed by atoms with Crippen molar-refractivity contribution in [2.24, 2.45) is 5.92 Å². The van der Waals surface area contributed by atoms with Gasteiger partial charge in [-0.15, -0.1) is 0 Å². The second-order valence-electron chi connectivity index (χ2n) is 7.46. The Morgan fingerprint density at radius 1 is 0.900 bits per heavy atom. The van der Waals surface area contributed by atoms with Gasteiger partial charge in [-0.2, -0.15) is 0 Å². The number of hydrogen-bond acceptors (Lipinski definition) is 5. The fourth-order valence-electron chi connectivity index (χ4n) is 3.75. The number of carbonyl (C=O) groups is 4. The number of amides is 3. The zero-order valence-electron chi connectivity index (χ0n) is 16.7. The summed E-state index contributed by atoms with van der Waals surface area (Å²) in [5.41, 5.74) is 2.42. The number of esters is 1. The Morgan fingerprint density at radius 2 is 1.50 bits per heavy atom. The van der Waals surface area contributed by atoms with Crippen molar-refractivity contribution in [3.05, 3.63) is 54.1 Å². The van der Waals surface area contributed by atoms with E-state index in [0.29, 0.717) is 11.4 Å². The molecule has 0 radical (unpaired) electrons. The molecule has 2 aromatic carbocycles. The summed E-state index contributed by atoms with van der Waals surface area (Å²) in [6.45, 7) is 2.34. The third-order valence-electron chi connectivity index (χ3n) is 5.48. The number of aryl methyl sites for hydroxylation is 1. The molecule has 0 spiro atoms. The molecule has 0 unspecified atom stereocenters. The second kappa shape index (κ2) is 8.10. The topological polar surface area (TPSA) is 84.0 Å². The highest BCUT2D eigenvalue weighted by Gasteiger charge is 2.36. The normalized spacial score (nSPS) is 19.0. The average Bonchev–Trinajstić information content (AvgIpc) is 3.31. The number of imide groups is 1. The van der Waals surface area contributed by atoms with Gasteiger partial charge in [0.1, 0.15) is 5.75 Å². The van der Waals surface area contributed by atoms with Crippen LogP contribution < -0.4 is 14.5 Å². The van der Waals surface area contributed by atoms with Gasteiger partial charge in [-0.25, -0.2) is 0 Å². The minimum absolute atomic E-state index is 0.100. The molecule has 2 fully saturated rings. The van der Waals surface area contributed by atoms with Gasteiger partial charge in [0.15, 0.2) is 0 Å². The van der Waals surface area contributed by atoms with E-state index in [9.17, 15) is 19.2 Å². The molecule has 0 aromatic heterocycles. The van der Waals surface area contributed by atoms with Crippen molar-refractivity contribution in [2.75, 3.05) is 16.3 Å². The van der Waals surface area contributed by atoms with E-state index < -0.39 is 11.9 Å². The maximum Gasteiger partial charge on any atom is 0.316 e. The molecular weight excluding hydrogens is 384 g/mol. The molecule has 0 aliphatic carbocycles. The zero-order chi connectivity index (χ0) is 21.3. The van der Waals surface area contributed by atoms with E-state index in [-0.39, 0.29) is 43.5 Å². The van der Waals surface area contributed by atoms with E-state index in [1.807, 2.05) is 24.3 Å². The van der Waals surface area contributed by atoms with Crippen molar-refractivity contribution in [1.82, 2.24) is 0 Å². The lowest BCUT2D eigenvalue weighted by Crippen LogP contribution is -2.28. The number of carbonyl (C=O) groups excluding carboxylic acids is 4. The van der Waals surface area contributed by atoms with Crippen LogP contribution in [0.4, 0.5) is 11.4 Å². The maximum absolute atomic E-state index is 12.6. The summed E-state index contributed by atoms with van der Waals surface area (Å²) in [7, 11) is 0. The Kier molecular flexibility index (Phi) is 5.35. The first-order valence-electron chi connectivity index (χ1n) is 10.0. The molecule has 30 heavy (non-hydrogen) atoms. The van der Waals surface area contributed by atoms with E-state index in [1.165, 1.54) is 5.56 Å². The Morgan fingerprint density at radius 3 is 2.10 bits per heavy atom.